The average molecular weight is 320 g/mol. The molecule has 21 heavy (non-hydrogen) atoms. The van der Waals surface area contributed by atoms with Gasteiger partial charge in [0.25, 0.3) is 5.91 Å². The summed E-state index contributed by atoms with van der Waals surface area (Å²) in [7, 11) is 0. The first-order valence-corrected chi connectivity index (χ1v) is 7.50. The zero-order chi connectivity index (χ0) is 15.0. The summed E-state index contributed by atoms with van der Waals surface area (Å²) in [4.78, 5) is 12.8. The minimum absolute atomic E-state index is 0.324. The maximum absolute atomic E-state index is 13.3. The Morgan fingerprint density at radius 3 is 2.76 bits per heavy atom. The highest BCUT2D eigenvalue weighted by Gasteiger charge is 2.17. The minimum atomic E-state index is -0.390. The van der Waals surface area contributed by atoms with Gasteiger partial charge in [0.15, 0.2) is 0 Å². The second-order valence-corrected chi connectivity index (χ2v) is 6.08. The molecule has 5 heteroatoms. The molecule has 0 saturated carbocycles. The molecular weight excluding hydrogens is 309 g/mol. The summed E-state index contributed by atoms with van der Waals surface area (Å²) >= 11 is 7.59. The molecular formula is C16H11ClFNOS. The molecule has 0 bridgehead atoms. The van der Waals surface area contributed by atoms with Gasteiger partial charge in [0.1, 0.15) is 10.7 Å². The summed E-state index contributed by atoms with van der Waals surface area (Å²) in [6.45, 7) is 1.81. The Kier molecular flexibility index (Phi) is 3.66. The molecule has 0 atom stereocenters. The van der Waals surface area contributed by atoms with E-state index in [0.29, 0.717) is 15.6 Å². The van der Waals surface area contributed by atoms with Gasteiger partial charge in [-0.15, -0.1) is 11.3 Å². The third kappa shape index (κ3) is 2.64. The van der Waals surface area contributed by atoms with Crippen molar-refractivity contribution >= 4 is 44.6 Å². The molecule has 0 aliphatic rings. The van der Waals surface area contributed by atoms with Gasteiger partial charge in [-0.1, -0.05) is 35.9 Å². The first-order valence-electron chi connectivity index (χ1n) is 6.31. The van der Waals surface area contributed by atoms with Crippen molar-refractivity contribution in [2.24, 2.45) is 0 Å². The Morgan fingerprint density at radius 2 is 2.00 bits per heavy atom. The van der Waals surface area contributed by atoms with Crippen LogP contribution >= 0.6 is 22.9 Å². The SMILES string of the molecule is Cc1ccc(F)cc1NC(=O)c1sc2ccccc2c1Cl. The Hall–Kier alpha value is -1.91. The number of halogens is 2. The first kappa shape index (κ1) is 14.0. The maximum atomic E-state index is 13.3. The highest BCUT2D eigenvalue weighted by Crippen LogP contribution is 2.35. The lowest BCUT2D eigenvalue weighted by Gasteiger charge is -2.07. The molecule has 0 saturated heterocycles. The van der Waals surface area contributed by atoms with E-state index in [1.165, 1.54) is 23.5 Å². The molecule has 0 aliphatic carbocycles. The van der Waals surface area contributed by atoms with Crippen LogP contribution < -0.4 is 5.32 Å². The van der Waals surface area contributed by atoms with E-state index in [1.807, 2.05) is 31.2 Å². The predicted octanol–water partition coefficient (Wildman–Crippen LogP) is 5.25. The molecule has 0 spiro atoms. The molecule has 1 N–H and O–H groups in total. The Balaban J connectivity index is 1.97. The lowest BCUT2D eigenvalue weighted by Crippen LogP contribution is -2.11. The molecule has 0 unspecified atom stereocenters. The van der Waals surface area contributed by atoms with Crippen molar-refractivity contribution in [2.75, 3.05) is 5.32 Å². The van der Waals surface area contributed by atoms with E-state index in [9.17, 15) is 9.18 Å². The lowest BCUT2D eigenvalue weighted by atomic mass is 10.2. The number of rotatable bonds is 2. The Bertz CT molecular complexity index is 843. The fourth-order valence-electron chi connectivity index (χ4n) is 2.07. The van der Waals surface area contributed by atoms with Crippen LogP contribution in [-0.2, 0) is 0 Å². The quantitative estimate of drug-likeness (QED) is 0.686. The van der Waals surface area contributed by atoms with Gasteiger partial charge < -0.3 is 5.32 Å². The second kappa shape index (κ2) is 5.47. The van der Waals surface area contributed by atoms with Crippen molar-refractivity contribution in [1.29, 1.82) is 0 Å². The van der Waals surface area contributed by atoms with Crippen LogP contribution in [0.5, 0.6) is 0 Å². The van der Waals surface area contributed by atoms with Gasteiger partial charge in [0.05, 0.1) is 5.02 Å². The summed E-state index contributed by atoms with van der Waals surface area (Å²) in [6, 6.07) is 11.8. The summed E-state index contributed by atoms with van der Waals surface area (Å²) in [5.74, 6) is -0.715. The zero-order valence-corrected chi connectivity index (χ0v) is 12.7. The van der Waals surface area contributed by atoms with Crippen LogP contribution in [-0.4, -0.2) is 5.91 Å². The highest BCUT2D eigenvalue weighted by atomic mass is 35.5. The number of amides is 1. The van der Waals surface area contributed by atoms with Crippen LogP contribution in [0.3, 0.4) is 0 Å². The summed E-state index contributed by atoms with van der Waals surface area (Å²) in [5, 5.41) is 4.00. The Morgan fingerprint density at radius 1 is 1.24 bits per heavy atom. The number of benzene rings is 2. The molecule has 1 heterocycles. The minimum Gasteiger partial charge on any atom is -0.321 e. The van der Waals surface area contributed by atoms with Crippen molar-refractivity contribution in [1.82, 2.24) is 0 Å². The molecule has 2 aromatic carbocycles. The lowest BCUT2D eigenvalue weighted by molar-refractivity contribution is 0.103. The number of carbonyl (C=O) groups is 1. The van der Waals surface area contributed by atoms with Crippen LogP contribution in [0.1, 0.15) is 15.2 Å². The van der Waals surface area contributed by atoms with E-state index in [0.717, 1.165) is 15.6 Å². The summed E-state index contributed by atoms with van der Waals surface area (Å²) in [5.41, 5.74) is 1.25. The van der Waals surface area contributed by atoms with Crippen LogP contribution in [0, 0.1) is 12.7 Å². The third-order valence-electron chi connectivity index (χ3n) is 3.19. The number of aryl methyl sites for hydroxylation is 1. The predicted molar refractivity (Wildman–Crippen MR) is 85.9 cm³/mol. The van der Waals surface area contributed by atoms with E-state index in [2.05, 4.69) is 5.32 Å². The van der Waals surface area contributed by atoms with Gasteiger partial charge >= 0.3 is 0 Å². The highest BCUT2D eigenvalue weighted by molar-refractivity contribution is 7.21. The molecule has 3 rings (SSSR count). The number of thiophene rings is 1. The molecule has 0 aliphatic heterocycles. The summed E-state index contributed by atoms with van der Waals surface area (Å²) < 4.78 is 14.2. The zero-order valence-electron chi connectivity index (χ0n) is 11.1. The number of carbonyl (C=O) groups excluding carboxylic acids is 1. The topological polar surface area (TPSA) is 29.1 Å². The molecule has 0 fully saturated rings. The van der Waals surface area contributed by atoms with E-state index in [-0.39, 0.29) is 5.91 Å². The van der Waals surface area contributed by atoms with Gasteiger partial charge in [-0.05, 0) is 30.7 Å². The van der Waals surface area contributed by atoms with Crippen molar-refractivity contribution in [3.63, 3.8) is 0 Å². The van der Waals surface area contributed by atoms with Gasteiger partial charge in [0, 0.05) is 15.8 Å². The normalized spacial score (nSPS) is 10.8. The van der Waals surface area contributed by atoms with E-state index in [1.54, 1.807) is 6.07 Å². The monoisotopic (exact) mass is 319 g/mol. The standard InChI is InChI=1S/C16H11ClFNOS/c1-9-6-7-10(18)8-12(9)19-16(20)15-14(17)11-4-2-3-5-13(11)21-15/h2-8H,1H3,(H,19,20). The number of anilines is 1. The van der Waals surface area contributed by atoms with Crippen LogP contribution in [0.25, 0.3) is 10.1 Å². The molecule has 2 nitrogen and oxygen atoms in total. The first-order chi connectivity index (χ1) is 10.1. The molecule has 106 valence electrons. The van der Waals surface area contributed by atoms with Crippen molar-refractivity contribution in [2.45, 2.75) is 6.92 Å². The fourth-order valence-corrected chi connectivity index (χ4v) is 3.48. The smallest absolute Gasteiger partial charge is 0.267 e. The van der Waals surface area contributed by atoms with Crippen LogP contribution in [0.2, 0.25) is 5.02 Å². The van der Waals surface area contributed by atoms with Crippen LogP contribution in [0.15, 0.2) is 42.5 Å². The van der Waals surface area contributed by atoms with Gasteiger partial charge in [0.2, 0.25) is 0 Å². The molecule has 0 radical (unpaired) electrons. The average Bonchev–Trinajstić information content (AvgIpc) is 2.81. The van der Waals surface area contributed by atoms with E-state index >= 15 is 0 Å². The van der Waals surface area contributed by atoms with Gasteiger partial charge in [-0.2, -0.15) is 0 Å². The molecule has 1 aromatic heterocycles. The number of fused-ring (bicyclic) bond motifs is 1. The fraction of sp³-hybridized carbons (Fsp3) is 0.0625. The van der Waals surface area contributed by atoms with Crippen molar-refractivity contribution < 1.29 is 9.18 Å². The van der Waals surface area contributed by atoms with Gasteiger partial charge in [-0.3, -0.25) is 4.79 Å². The number of hydrogen-bond acceptors (Lipinski definition) is 2. The third-order valence-corrected chi connectivity index (χ3v) is 4.86. The largest absolute Gasteiger partial charge is 0.321 e. The number of nitrogens with one attached hydrogen (secondary N) is 1. The second-order valence-electron chi connectivity index (χ2n) is 4.65. The van der Waals surface area contributed by atoms with Crippen molar-refractivity contribution in [3.8, 4) is 0 Å². The van der Waals surface area contributed by atoms with Gasteiger partial charge in [-0.25, -0.2) is 4.39 Å². The molecule has 1 amide bonds. The summed E-state index contributed by atoms with van der Waals surface area (Å²) in [6.07, 6.45) is 0. The maximum Gasteiger partial charge on any atom is 0.267 e. The van der Waals surface area contributed by atoms with E-state index in [4.69, 9.17) is 11.6 Å². The van der Waals surface area contributed by atoms with Crippen molar-refractivity contribution in [3.05, 3.63) is 63.7 Å². The van der Waals surface area contributed by atoms with Crippen LogP contribution in [0.4, 0.5) is 10.1 Å². The Labute approximate surface area is 130 Å². The number of hydrogen-bond donors (Lipinski definition) is 1. The molecule has 3 aromatic rings. The van der Waals surface area contributed by atoms with E-state index < -0.39 is 5.82 Å².